The molecule has 2 aliphatic rings. The summed E-state index contributed by atoms with van der Waals surface area (Å²) in [6.45, 7) is 5.81. The number of rotatable bonds is 9. The molecule has 0 atom stereocenters. The number of anilines is 1. The molecule has 2 fully saturated rings. The van der Waals surface area contributed by atoms with Crippen molar-refractivity contribution in [1.82, 2.24) is 20.9 Å². The molecule has 1 heterocycles. The third kappa shape index (κ3) is 7.99. The van der Waals surface area contributed by atoms with E-state index in [9.17, 15) is 9.59 Å². The number of para-hydroxylation sites is 1. The molecule has 1 aliphatic carbocycles. The number of benzene rings is 2. The Morgan fingerprint density at radius 1 is 0.800 bits per heavy atom. The molecule has 7 heteroatoms. The van der Waals surface area contributed by atoms with Gasteiger partial charge in [0.1, 0.15) is 0 Å². The predicted octanol–water partition coefficient (Wildman–Crippen LogP) is 3.65. The van der Waals surface area contributed by atoms with E-state index in [1.54, 1.807) is 0 Å². The number of urea groups is 1. The number of piperazine rings is 1. The van der Waals surface area contributed by atoms with Crippen LogP contribution in [0, 0.1) is 0 Å². The summed E-state index contributed by atoms with van der Waals surface area (Å²) in [6, 6.07) is 19.0. The van der Waals surface area contributed by atoms with Crippen LogP contribution in [-0.4, -0.2) is 55.6 Å². The molecule has 7 nitrogen and oxygen atoms in total. The van der Waals surface area contributed by atoms with Crippen LogP contribution in [0.1, 0.15) is 49.7 Å². The van der Waals surface area contributed by atoms with Crippen molar-refractivity contribution in [1.29, 1.82) is 0 Å². The number of nitrogens with zero attached hydrogens (tertiary/aromatic N) is 2. The molecule has 1 aliphatic heterocycles. The number of nitrogens with one attached hydrogen (secondary N) is 3. The highest BCUT2D eigenvalue weighted by molar-refractivity contribution is 5.78. The van der Waals surface area contributed by atoms with Gasteiger partial charge in [0, 0.05) is 64.0 Å². The first-order valence-electron chi connectivity index (χ1n) is 13.1. The minimum atomic E-state index is -0.164. The van der Waals surface area contributed by atoms with Crippen molar-refractivity contribution < 1.29 is 9.59 Å². The van der Waals surface area contributed by atoms with Crippen LogP contribution in [0.2, 0.25) is 0 Å². The van der Waals surface area contributed by atoms with Crippen LogP contribution in [0.3, 0.4) is 0 Å². The molecule has 0 unspecified atom stereocenters. The first kappa shape index (κ1) is 25.0. The predicted molar refractivity (Wildman–Crippen MR) is 140 cm³/mol. The molecule has 35 heavy (non-hydrogen) atoms. The lowest BCUT2D eigenvalue weighted by Crippen LogP contribution is -2.46. The van der Waals surface area contributed by atoms with Gasteiger partial charge in [0.05, 0.1) is 0 Å². The standard InChI is InChI=1S/C28H39N5O2/c34-27(15-16-29-28(35)31-25-11-3-1-4-12-25)30-21-23-9-7-8-10-24(23)22-32-17-19-33(20-18-32)26-13-5-2-6-14-26/h2,5-10,13-14,25H,1,3-4,11-12,15-22H2,(H,30,34)(H2,29,31,35). The Morgan fingerprint density at radius 3 is 2.23 bits per heavy atom. The van der Waals surface area contributed by atoms with Gasteiger partial charge in [0.15, 0.2) is 0 Å². The molecule has 2 aromatic carbocycles. The summed E-state index contributed by atoms with van der Waals surface area (Å²) < 4.78 is 0. The molecule has 188 valence electrons. The van der Waals surface area contributed by atoms with E-state index < -0.39 is 0 Å². The Morgan fingerprint density at radius 2 is 1.49 bits per heavy atom. The Hall–Kier alpha value is -3.06. The van der Waals surface area contributed by atoms with Crippen molar-refractivity contribution in [2.45, 2.75) is 57.7 Å². The van der Waals surface area contributed by atoms with E-state index in [0.717, 1.165) is 51.1 Å². The molecule has 0 spiro atoms. The van der Waals surface area contributed by atoms with Gasteiger partial charge in [-0.3, -0.25) is 9.69 Å². The molecule has 0 aromatic heterocycles. The van der Waals surface area contributed by atoms with Gasteiger partial charge >= 0.3 is 6.03 Å². The second kappa shape index (κ2) is 13.1. The molecular formula is C28H39N5O2. The molecule has 1 saturated carbocycles. The highest BCUT2D eigenvalue weighted by Gasteiger charge is 2.18. The maximum atomic E-state index is 12.4. The molecule has 1 saturated heterocycles. The summed E-state index contributed by atoms with van der Waals surface area (Å²) in [7, 11) is 0. The zero-order chi connectivity index (χ0) is 24.3. The number of carbonyl (C=O) groups is 2. The lowest BCUT2D eigenvalue weighted by Gasteiger charge is -2.36. The van der Waals surface area contributed by atoms with Crippen molar-refractivity contribution in [2.24, 2.45) is 0 Å². The highest BCUT2D eigenvalue weighted by Crippen LogP contribution is 2.19. The van der Waals surface area contributed by atoms with E-state index in [4.69, 9.17) is 0 Å². The third-order valence-corrected chi connectivity index (χ3v) is 7.06. The van der Waals surface area contributed by atoms with Crippen LogP contribution >= 0.6 is 0 Å². The summed E-state index contributed by atoms with van der Waals surface area (Å²) in [5.74, 6) is -0.0470. The monoisotopic (exact) mass is 477 g/mol. The number of carbonyl (C=O) groups excluding carboxylic acids is 2. The second-order valence-electron chi connectivity index (χ2n) is 9.63. The van der Waals surface area contributed by atoms with Gasteiger partial charge < -0.3 is 20.9 Å². The summed E-state index contributed by atoms with van der Waals surface area (Å²) in [5, 5.41) is 8.86. The van der Waals surface area contributed by atoms with Crippen molar-refractivity contribution in [3.8, 4) is 0 Å². The van der Waals surface area contributed by atoms with Gasteiger partial charge in [-0.15, -0.1) is 0 Å². The summed E-state index contributed by atoms with van der Waals surface area (Å²) in [6.07, 6.45) is 6.00. The van der Waals surface area contributed by atoms with Gasteiger partial charge in [-0.05, 0) is 36.1 Å². The minimum Gasteiger partial charge on any atom is -0.369 e. The van der Waals surface area contributed by atoms with Crippen LogP contribution in [0.15, 0.2) is 54.6 Å². The lowest BCUT2D eigenvalue weighted by molar-refractivity contribution is -0.121. The van der Waals surface area contributed by atoms with E-state index in [1.807, 2.05) is 6.07 Å². The normalized spacial score (nSPS) is 17.1. The fraction of sp³-hybridized carbons (Fsp3) is 0.500. The van der Waals surface area contributed by atoms with Crippen molar-refractivity contribution in [3.05, 3.63) is 65.7 Å². The van der Waals surface area contributed by atoms with E-state index in [0.29, 0.717) is 13.1 Å². The summed E-state index contributed by atoms with van der Waals surface area (Å²) in [5.41, 5.74) is 3.69. The van der Waals surface area contributed by atoms with E-state index in [-0.39, 0.29) is 24.4 Å². The van der Waals surface area contributed by atoms with Gasteiger partial charge in [-0.2, -0.15) is 0 Å². The first-order chi connectivity index (χ1) is 17.2. The van der Waals surface area contributed by atoms with Gasteiger partial charge in [0.25, 0.3) is 0 Å². The average Bonchev–Trinajstić information content (AvgIpc) is 2.90. The molecule has 0 radical (unpaired) electrons. The number of amides is 3. The fourth-order valence-corrected chi connectivity index (χ4v) is 4.98. The minimum absolute atomic E-state index is 0.0470. The molecule has 0 bridgehead atoms. The molecule has 3 amide bonds. The zero-order valence-corrected chi connectivity index (χ0v) is 20.7. The molecule has 4 rings (SSSR count). The van der Waals surface area contributed by atoms with Crippen LogP contribution in [-0.2, 0) is 17.9 Å². The van der Waals surface area contributed by atoms with Crippen molar-refractivity contribution >= 4 is 17.6 Å². The van der Waals surface area contributed by atoms with Gasteiger partial charge in [0.2, 0.25) is 5.91 Å². The largest absolute Gasteiger partial charge is 0.369 e. The van der Waals surface area contributed by atoms with Crippen LogP contribution in [0.4, 0.5) is 10.5 Å². The second-order valence-corrected chi connectivity index (χ2v) is 9.63. The van der Waals surface area contributed by atoms with Crippen LogP contribution in [0.25, 0.3) is 0 Å². The Balaban J connectivity index is 1.16. The summed E-state index contributed by atoms with van der Waals surface area (Å²) in [4.78, 5) is 29.3. The highest BCUT2D eigenvalue weighted by atomic mass is 16.2. The van der Waals surface area contributed by atoms with Crippen molar-refractivity contribution in [2.75, 3.05) is 37.6 Å². The Labute approximate surface area is 209 Å². The quantitative estimate of drug-likeness (QED) is 0.515. The average molecular weight is 478 g/mol. The fourth-order valence-electron chi connectivity index (χ4n) is 4.98. The number of hydrogen-bond acceptors (Lipinski definition) is 4. The van der Waals surface area contributed by atoms with Crippen LogP contribution < -0.4 is 20.9 Å². The van der Waals surface area contributed by atoms with E-state index in [1.165, 1.54) is 30.5 Å². The zero-order valence-electron chi connectivity index (χ0n) is 20.7. The molecule has 3 N–H and O–H groups in total. The van der Waals surface area contributed by atoms with E-state index in [2.05, 4.69) is 74.3 Å². The Kier molecular flexibility index (Phi) is 9.40. The SMILES string of the molecule is O=C(CCNC(=O)NC1CCCCC1)NCc1ccccc1CN1CCN(c2ccccc2)CC1. The number of hydrogen-bond donors (Lipinski definition) is 3. The van der Waals surface area contributed by atoms with Gasteiger partial charge in [-0.25, -0.2) is 4.79 Å². The lowest BCUT2D eigenvalue weighted by atomic mass is 9.96. The third-order valence-electron chi connectivity index (χ3n) is 7.06. The smallest absolute Gasteiger partial charge is 0.315 e. The maximum Gasteiger partial charge on any atom is 0.315 e. The van der Waals surface area contributed by atoms with Crippen LogP contribution in [0.5, 0.6) is 0 Å². The topological polar surface area (TPSA) is 76.7 Å². The molecule has 2 aromatic rings. The first-order valence-corrected chi connectivity index (χ1v) is 13.1. The maximum absolute atomic E-state index is 12.4. The van der Waals surface area contributed by atoms with Gasteiger partial charge in [-0.1, -0.05) is 61.7 Å². The van der Waals surface area contributed by atoms with E-state index >= 15 is 0 Å². The molecular weight excluding hydrogens is 438 g/mol. The van der Waals surface area contributed by atoms with Crippen molar-refractivity contribution in [3.63, 3.8) is 0 Å². The Bertz CT molecular complexity index is 937. The summed E-state index contributed by atoms with van der Waals surface area (Å²) >= 11 is 0.